The van der Waals surface area contributed by atoms with Crippen LogP contribution in [0.1, 0.15) is 58.8 Å². The van der Waals surface area contributed by atoms with E-state index in [1.54, 1.807) is 19.9 Å². The number of carbonyl (C=O) groups is 2. The van der Waals surface area contributed by atoms with Gasteiger partial charge in [0.2, 0.25) is 0 Å². The van der Waals surface area contributed by atoms with Crippen LogP contribution in [0.3, 0.4) is 0 Å². The maximum Gasteiger partial charge on any atom is 0.264 e. The summed E-state index contributed by atoms with van der Waals surface area (Å²) in [6.45, 7) is 2.70. The van der Waals surface area contributed by atoms with Gasteiger partial charge in [0, 0.05) is 23.2 Å². The molecule has 174 valence electrons. The van der Waals surface area contributed by atoms with Crippen LogP contribution >= 0.6 is 0 Å². The number of halogens is 1. The van der Waals surface area contributed by atoms with Gasteiger partial charge in [-0.3, -0.25) is 13.8 Å². The van der Waals surface area contributed by atoms with E-state index in [-0.39, 0.29) is 31.0 Å². The van der Waals surface area contributed by atoms with Crippen LogP contribution in [0.25, 0.3) is 0 Å². The zero-order valence-corrected chi connectivity index (χ0v) is 19.0. The zero-order valence-electron chi connectivity index (χ0n) is 18.2. The molecule has 9 heteroatoms. The highest BCUT2D eigenvalue weighted by Crippen LogP contribution is 2.70. The van der Waals surface area contributed by atoms with E-state index in [2.05, 4.69) is 4.18 Å². The van der Waals surface area contributed by atoms with Gasteiger partial charge in [-0.15, -0.1) is 0 Å². The Kier molecular flexibility index (Phi) is 5.14. The molecule has 3 fully saturated rings. The predicted octanol–water partition coefficient (Wildman–Crippen LogP) is 1.86. The Balaban J connectivity index is 1.70. The molecule has 0 heterocycles. The molecule has 7 nitrogen and oxygen atoms in total. The number of fused-ring (bicyclic) bond motifs is 5. The summed E-state index contributed by atoms with van der Waals surface area (Å²) in [6.07, 6.45) is 2.82. The smallest absolute Gasteiger partial charge is 0.264 e. The zero-order chi connectivity index (χ0) is 23.0. The van der Waals surface area contributed by atoms with Gasteiger partial charge in [0.05, 0.1) is 12.4 Å². The lowest BCUT2D eigenvalue weighted by molar-refractivity contribution is -0.226. The van der Waals surface area contributed by atoms with Crippen molar-refractivity contribution in [2.45, 2.75) is 76.2 Å². The minimum Gasteiger partial charge on any atom is -0.390 e. The molecule has 3 saturated carbocycles. The van der Waals surface area contributed by atoms with Gasteiger partial charge in [0.25, 0.3) is 10.1 Å². The second-order valence-corrected chi connectivity index (χ2v) is 12.1. The molecule has 2 N–H and O–H groups in total. The van der Waals surface area contributed by atoms with Crippen molar-refractivity contribution in [2.75, 3.05) is 12.9 Å². The molecule has 0 bridgehead atoms. The van der Waals surface area contributed by atoms with Crippen molar-refractivity contribution in [3.63, 3.8) is 0 Å². The van der Waals surface area contributed by atoms with Crippen LogP contribution in [-0.4, -0.2) is 60.4 Å². The highest BCUT2D eigenvalue weighted by Gasteiger charge is 2.74. The van der Waals surface area contributed by atoms with Crippen LogP contribution in [-0.2, 0) is 23.9 Å². The Labute approximate surface area is 182 Å². The Morgan fingerprint density at radius 1 is 1.23 bits per heavy atom. The molecule has 31 heavy (non-hydrogen) atoms. The third-order valence-corrected chi connectivity index (χ3v) is 9.61. The lowest BCUT2D eigenvalue weighted by Crippen LogP contribution is -2.69. The number of allylic oxidation sites excluding steroid dienone is 1. The maximum absolute atomic E-state index is 17.0. The van der Waals surface area contributed by atoms with E-state index in [4.69, 9.17) is 0 Å². The van der Waals surface area contributed by atoms with E-state index in [0.717, 1.165) is 11.8 Å². The average molecular weight is 459 g/mol. The van der Waals surface area contributed by atoms with Crippen molar-refractivity contribution >= 4 is 21.7 Å². The Hall–Kier alpha value is -1.16. The SMILES string of the molecule is CC12CCC(=O)C=C1CCC1C3CC[C@](O)(C(=O)COS(C)(=O)=O)C3(C)CC(O)[C@@]12F. The summed E-state index contributed by atoms with van der Waals surface area (Å²) in [5.74, 6) is -1.71. The minimum absolute atomic E-state index is 0.0172. The Bertz CT molecular complexity index is 961. The van der Waals surface area contributed by atoms with Gasteiger partial charge in [0.15, 0.2) is 11.6 Å². The Morgan fingerprint density at radius 3 is 2.55 bits per heavy atom. The first-order valence-electron chi connectivity index (χ1n) is 10.9. The molecule has 0 radical (unpaired) electrons. The molecular formula is C22H31FO7S. The van der Waals surface area contributed by atoms with Crippen LogP contribution in [0.4, 0.5) is 4.39 Å². The molecule has 0 aromatic carbocycles. The molecule has 0 saturated heterocycles. The first kappa shape index (κ1) is 23.0. The second-order valence-electron chi connectivity index (χ2n) is 10.4. The van der Waals surface area contributed by atoms with E-state index in [1.807, 2.05) is 0 Å². The van der Waals surface area contributed by atoms with Crippen LogP contribution in [0, 0.1) is 22.7 Å². The summed E-state index contributed by atoms with van der Waals surface area (Å²) in [5.41, 5.74) is -5.18. The number of aliphatic hydroxyl groups is 2. The summed E-state index contributed by atoms with van der Waals surface area (Å²) >= 11 is 0. The fourth-order valence-electron chi connectivity index (χ4n) is 7.31. The summed E-state index contributed by atoms with van der Waals surface area (Å²) < 4.78 is 44.2. The van der Waals surface area contributed by atoms with Crippen molar-refractivity contribution in [1.29, 1.82) is 0 Å². The number of carbonyl (C=O) groups excluding carboxylic acids is 2. The van der Waals surface area contributed by atoms with E-state index in [0.29, 0.717) is 25.7 Å². The van der Waals surface area contributed by atoms with Gasteiger partial charge in [0.1, 0.15) is 17.9 Å². The van der Waals surface area contributed by atoms with Crippen molar-refractivity contribution in [3.8, 4) is 0 Å². The monoisotopic (exact) mass is 458 g/mol. The standard InChI is InChI=1S/C22H31FO7S/c1-19-8-6-14(24)10-13(19)4-5-16-15-7-9-21(27,18(26)12-30-31(3,28)29)20(15,2)11-17(25)22(16,19)23/h10,15-17,25,27H,4-9,11-12H2,1-3H3/t15?,16?,17?,19?,20?,21-,22-/m0/s1. The molecule has 0 aliphatic heterocycles. The maximum atomic E-state index is 17.0. The number of Topliss-reactive ketones (excluding diaryl/α,β-unsaturated/α-hetero) is 1. The van der Waals surface area contributed by atoms with Crippen molar-refractivity contribution in [3.05, 3.63) is 11.6 Å². The molecule has 0 spiro atoms. The first-order valence-corrected chi connectivity index (χ1v) is 12.7. The molecule has 7 atom stereocenters. The van der Waals surface area contributed by atoms with Crippen LogP contribution in [0.2, 0.25) is 0 Å². The van der Waals surface area contributed by atoms with Crippen LogP contribution < -0.4 is 0 Å². The number of alkyl halides is 1. The van der Waals surface area contributed by atoms with E-state index in [1.165, 1.54) is 0 Å². The number of ketones is 2. The van der Waals surface area contributed by atoms with Crippen molar-refractivity contribution in [2.24, 2.45) is 22.7 Å². The molecule has 0 aromatic rings. The normalized spacial score (nSPS) is 47.2. The predicted molar refractivity (Wildman–Crippen MR) is 109 cm³/mol. The Morgan fingerprint density at radius 2 is 1.90 bits per heavy atom. The average Bonchev–Trinajstić information content (AvgIpc) is 2.93. The molecule has 0 amide bonds. The van der Waals surface area contributed by atoms with E-state index in [9.17, 15) is 28.2 Å². The van der Waals surface area contributed by atoms with Crippen LogP contribution in [0.15, 0.2) is 11.6 Å². The minimum atomic E-state index is -3.87. The third kappa shape index (κ3) is 3.03. The largest absolute Gasteiger partial charge is 0.390 e. The molecular weight excluding hydrogens is 427 g/mol. The highest BCUT2D eigenvalue weighted by molar-refractivity contribution is 7.86. The summed E-state index contributed by atoms with van der Waals surface area (Å²) in [7, 11) is -3.87. The number of hydrogen-bond acceptors (Lipinski definition) is 7. The van der Waals surface area contributed by atoms with Crippen molar-refractivity contribution in [1.82, 2.24) is 0 Å². The topological polar surface area (TPSA) is 118 Å². The number of rotatable bonds is 4. The summed E-state index contributed by atoms with van der Waals surface area (Å²) in [4.78, 5) is 24.8. The molecule has 4 aliphatic rings. The number of hydrogen-bond donors (Lipinski definition) is 2. The van der Waals surface area contributed by atoms with Gasteiger partial charge < -0.3 is 10.2 Å². The van der Waals surface area contributed by atoms with Crippen molar-refractivity contribution < 1.29 is 36.8 Å². The lowest BCUT2D eigenvalue weighted by atomic mass is 9.44. The quantitative estimate of drug-likeness (QED) is 0.618. The molecule has 0 aromatic heterocycles. The number of aliphatic hydroxyl groups excluding tert-OH is 1. The van der Waals surface area contributed by atoms with Gasteiger partial charge >= 0.3 is 0 Å². The van der Waals surface area contributed by atoms with Gasteiger partial charge in [-0.05, 0) is 50.5 Å². The lowest BCUT2D eigenvalue weighted by Gasteiger charge is -2.63. The van der Waals surface area contributed by atoms with Crippen LogP contribution in [0.5, 0.6) is 0 Å². The van der Waals surface area contributed by atoms with E-state index >= 15 is 4.39 Å². The fraction of sp³-hybridized carbons (Fsp3) is 0.818. The van der Waals surface area contributed by atoms with Gasteiger partial charge in [-0.25, -0.2) is 4.39 Å². The summed E-state index contributed by atoms with van der Waals surface area (Å²) in [5, 5.41) is 22.6. The van der Waals surface area contributed by atoms with Gasteiger partial charge in [-0.2, -0.15) is 8.42 Å². The molecule has 5 unspecified atom stereocenters. The van der Waals surface area contributed by atoms with E-state index < -0.39 is 56.6 Å². The third-order valence-electron chi connectivity index (χ3n) is 9.06. The first-order chi connectivity index (χ1) is 14.2. The fourth-order valence-corrected chi connectivity index (χ4v) is 7.63. The second kappa shape index (κ2) is 6.92. The summed E-state index contributed by atoms with van der Waals surface area (Å²) in [6, 6.07) is 0. The molecule has 4 rings (SSSR count). The van der Waals surface area contributed by atoms with Gasteiger partial charge in [-0.1, -0.05) is 19.4 Å². The highest BCUT2D eigenvalue weighted by atomic mass is 32.2. The molecule has 4 aliphatic carbocycles.